The first-order chi connectivity index (χ1) is 12.4. The molecule has 0 saturated heterocycles. The summed E-state index contributed by atoms with van der Waals surface area (Å²) >= 11 is 0. The standard InChI is InChI=1S/C16H15N7O2S/c1-10-16(11(2)20-19-10)26(24,25)23-15-8-7-14(21-22-15)18-13-5-3-12(9-17)4-6-13/h3-8H,1-2H3,(H,18,21)(H,19,20)(H,22,23). The first kappa shape index (κ1) is 17.4. The van der Waals surface area contributed by atoms with Gasteiger partial charge in [0.1, 0.15) is 4.90 Å². The molecule has 3 rings (SSSR count). The van der Waals surface area contributed by atoms with Crippen molar-refractivity contribution in [3.05, 3.63) is 53.3 Å². The highest BCUT2D eigenvalue weighted by Gasteiger charge is 2.22. The molecule has 0 spiro atoms. The van der Waals surface area contributed by atoms with Crippen molar-refractivity contribution in [2.24, 2.45) is 0 Å². The molecule has 0 aliphatic heterocycles. The smallest absolute Gasteiger partial charge is 0.266 e. The average Bonchev–Trinajstić information content (AvgIpc) is 2.96. The number of sulfonamides is 1. The number of rotatable bonds is 5. The molecule has 2 heterocycles. The lowest BCUT2D eigenvalue weighted by atomic mass is 10.2. The molecule has 0 radical (unpaired) electrons. The summed E-state index contributed by atoms with van der Waals surface area (Å²) < 4.78 is 27.3. The van der Waals surface area contributed by atoms with Crippen molar-refractivity contribution in [3.63, 3.8) is 0 Å². The maximum absolute atomic E-state index is 12.5. The van der Waals surface area contributed by atoms with Gasteiger partial charge in [-0.25, -0.2) is 8.42 Å². The van der Waals surface area contributed by atoms with E-state index in [2.05, 4.69) is 30.4 Å². The van der Waals surface area contributed by atoms with Crippen LogP contribution in [0.4, 0.5) is 17.3 Å². The summed E-state index contributed by atoms with van der Waals surface area (Å²) in [5.74, 6) is 0.531. The molecule has 1 aromatic carbocycles. The molecule has 10 heteroatoms. The minimum Gasteiger partial charge on any atom is -0.339 e. The summed E-state index contributed by atoms with van der Waals surface area (Å²) in [5.41, 5.74) is 2.11. The van der Waals surface area contributed by atoms with Crippen LogP contribution in [0.25, 0.3) is 0 Å². The van der Waals surface area contributed by atoms with E-state index in [1.807, 2.05) is 6.07 Å². The average molecular weight is 369 g/mol. The number of nitrogens with one attached hydrogen (secondary N) is 3. The summed E-state index contributed by atoms with van der Waals surface area (Å²) in [7, 11) is -3.81. The number of benzene rings is 1. The topological polar surface area (TPSA) is 136 Å². The number of aromatic nitrogens is 4. The zero-order chi connectivity index (χ0) is 18.7. The van der Waals surface area contributed by atoms with Crippen LogP contribution in [0.15, 0.2) is 41.3 Å². The molecule has 2 aromatic heterocycles. The summed E-state index contributed by atoms with van der Waals surface area (Å²) in [4.78, 5) is 0.0964. The first-order valence-electron chi connectivity index (χ1n) is 7.54. The predicted octanol–water partition coefficient (Wildman–Crippen LogP) is 2.23. The Bertz CT molecular complexity index is 1050. The zero-order valence-corrected chi connectivity index (χ0v) is 14.8. The van der Waals surface area contributed by atoms with Gasteiger partial charge in [-0.2, -0.15) is 10.4 Å². The van der Waals surface area contributed by atoms with Crippen LogP contribution in [0.5, 0.6) is 0 Å². The van der Waals surface area contributed by atoms with Crippen LogP contribution < -0.4 is 10.0 Å². The third-order valence-electron chi connectivity index (χ3n) is 3.52. The Morgan fingerprint density at radius 1 is 1.04 bits per heavy atom. The highest BCUT2D eigenvalue weighted by Crippen LogP contribution is 2.20. The van der Waals surface area contributed by atoms with Crippen molar-refractivity contribution >= 4 is 27.3 Å². The molecule has 0 unspecified atom stereocenters. The van der Waals surface area contributed by atoms with Crippen LogP contribution in [-0.4, -0.2) is 28.8 Å². The molecule has 3 aromatic rings. The van der Waals surface area contributed by atoms with E-state index in [0.29, 0.717) is 22.8 Å². The first-order valence-corrected chi connectivity index (χ1v) is 9.02. The molecule has 0 fully saturated rings. The van der Waals surface area contributed by atoms with Gasteiger partial charge in [-0.15, -0.1) is 10.2 Å². The number of hydrogen-bond acceptors (Lipinski definition) is 7. The van der Waals surface area contributed by atoms with E-state index >= 15 is 0 Å². The Balaban J connectivity index is 1.74. The molecule has 26 heavy (non-hydrogen) atoms. The zero-order valence-electron chi connectivity index (χ0n) is 14.0. The van der Waals surface area contributed by atoms with Crippen LogP contribution in [-0.2, 0) is 10.0 Å². The highest BCUT2D eigenvalue weighted by molar-refractivity contribution is 7.92. The number of nitriles is 1. The molecule has 0 aliphatic carbocycles. The Hall–Kier alpha value is -3.45. The van der Waals surface area contributed by atoms with Gasteiger partial charge in [0.25, 0.3) is 10.0 Å². The van der Waals surface area contributed by atoms with Gasteiger partial charge >= 0.3 is 0 Å². The van der Waals surface area contributed by atoms with Crippen LogP contribution in [0.1, 0.15) is 17.0 Å². The molecular formula is C16H15N7O2S. The monoisotopic (exact) mass is 369 g/mol. The Morgan fingerprint density at radius 3 is 2.23 bits per heavy atom. The third-order valence-corrected chi connectivity index (χ3v) is 5.14. The SMILES string of the molecule is Cc1n[nH]c(C)c1S(=O)(=O)Nc1ccc(Nc2ccc(C#N)cc2)nn1. The summed E-state index contributed by atoms with van der Waals surface area (Å²) in [6.45, 7) is 3.24. The van der Waals surface area contributed by atoms with Crippen molar-refractivity contribution in [2.75, 3.05) is 10.0 Å². The number of aryl methyl sites for hydroxylation is 2. The van der Waals surface area contributed by atoms with Gasteiger partial charge in [-0.3, -0.25) is 9.82 Å². The second-order valence-corrected chi connectivity index (χ2v) is 7.11. The van der Waals surface area contributed by atoms with Crippen LogP contribution in [0.3, 0.4) is 0 Å². The molecule has 9 nitrogen and oxygen atoms in total. The fraction of sp³-hybridized carbons (Fsp3) is 0.125. The summed E-state index contributed by atoms with van der Waals surface area (Å²) in [6.07, 6.45) is 0. The maximum atomic E-state index is 12.5. The van der Waals surface area contributed by atoms with Gasteiger partial charge < -0.3 is 5.32 Å². The Morgan fingerprint density at radius 2 is 1.69 bits per heavy atom. The quantitative estimate of drug-likeness (QED) is 0.627. The van der Waals surface area contributed by atoms with Gasteiger partial charge in [0.05, 0.1) is 23.0 Å². The molecular weight excluding hydrogens is 354 g/mol. The number of H-pyrrole nitrogens is 1. The minimum absolute atomic E-state index is 0.0929. The summed E-state index contributed by atoms with van der Waals surface area (Å²) in [6, 6.07) is 12.0. The van der Waals surface area contributed by atoms with Crippen LogP contribution >= 0.6 is 0 Å². The van der Waals surface area contributed by atoms with Crippen LogP contribution in [0.2, 0.25) is 0 Å². The van der Waals surface area contributed by atoms with Crippen molar-refractivity contribution in [1.82, 2.24) is 20.4 Å². The second kappa shape index (κ2) is 6.81. The Kier molecular flexibility index (Phi) is 4.55. The van der Waals surface area contributed by atoms with E-state index in [1.54, 1.807) is 44.2 Å². The van der Waals surface area contributed by atoms with Gasteiger partial charge in [-0.05, 0) is 50.2 Å². The second-order valence-electron chi connectivity index (χ2n) is 5.49. The molecule has 0 aliphatic rings. The molecule has 132 valence electrons. The number of nitrogens with zero attached hydrogens (tertiary/aromatic N) is 4. The van der Waals surface area contributed by atoms with Crippen molar-refractivity contribution in [1.29, 1.82) is 5.26 Å². The number of aromatic amines is 1. The van der Waals surface area contributed by atoms with E-state index < -0.39 is 10.0 Å². The number of hydrogen-bond donors (Lipinski definition) is 3. The van der Waals surface area contributed by atoms with Crippen molar-refractivity contribution < 1.29 is 8.42 Å². The lowest BCUT2D eigenvalue weighted by molar-refractivity contribution is 0.600. The fourth-order valence-corrected chi connectivity index (χ4v) is 3.72. The van der Waals surface area contributed by atoms with Gasteiger partial charge in [-0.1, -0.05) is 0 Å². The normalized spacial score (nSPS) is 11.0. The lowest BCUT2D eigenvalue weighted by Crippen LogP contribution is -2.16. The fourth-order valence-electron chi connectivity index (χ4n) is 2.35. The van der Waals surface area contributed by atoms with Crippen molar-refractivity contribution in [3.8, 4) is 6.07 Å². The third kappa shape index (κ3) is 3.62. The summed E-state index contributed by atoms with van der Waals surface area (Å²) in [5, 5.41) is 26.2. The van der Waals surface area contributed by atoms with Crippen LogP contribution in [0, 0.1) is 25.2 Å². The van der Waals surface area contributed by atoms with E-state index in [0.717, 1.165) is 5.69 Å². The lowest BCUT2D eigenvalue weighted by Gasteiger charge is -2.08. The Labute approximate surface area is 150 Å². The van der Waals surface area contributed by atoms with E-state index in [1.165, 1.54) is 6.07 Å². The minimum atomic E-state index is -3.81. The van der Waals surface area contributed by atoms with Crippen molar-refractivity contribution in [2.45, 2.75) is 18.7 Å². The van der Waals surface area contributed by atoms with E-state index in [-0.39, 0.29) is 10.7 Å². The molecule has 3 N–H and O–H groups in total. The number of anilines is 3. The van der Waals surface area contributed by atoms with Gasteiger partial charge in [0, 0.05) is 5.69 Å². The van der Waals surface area contributed by atoms with Gasteiger partial charge in [0.2, 0.25) is 0 Å². The maximum Gasteiger partial charge on any atom is 0.266 e. The van der Waals surface area contributed by atoms with E-state index in [4.69, 9.17) is 5.26 Å². The molecule has 0 saturated carbocycles. The predicted molar refractivity (Wildman–Crippen MR) is 95.3 cm³/mol. The van der Waals surface area contributed by atoms with E-state index in [9.17, 15) is 8.42 Å². The van der Waals surface area contributed by atoms with Gasteiger partial charge in [0.15, 0.2) is 11.6 Å². The largest absolute Gasteiger partial charge is 0.339 e. The molecule has 0 bridgehead atoms. The molecule has 0 atom stereocenters. The highest BCUT2D eigenvalue weighted by atomic mass is 32.2. The molecule has 0 amide bonds.